The monoisotopic (exact) mass is 538 g/mol. The van der Waals surface area contributed by atoms with Crippen molar-refractivity contribution in [1.29, 1.82) is 0 Å². The molecule has 7 atom stereocenters. The van der Waals surface area contributed by atoms with E-state index in [2.05, 4.69) is 0 Å². The van der Waals surface area contributed by atoms with Crippen LogP contribution in [0.4, 0.5) is 0 Å². The van der Waals surface area contributed by atoms with E-state index in [0.717, 1.165) is 0 Å². The van der Waals surface area contributed by atoms with Crippen LogP contribution in [-0.4, -0.2) is 99.7 Å². The summed E-state index contributed by atoms with van der Waals surface area (Å²) in [5, 5.41) is 58.9. The zero-order chi connectivity index (χ0) is 28.0. The van der Waals surface area contributed by atoms with Gasteiger partial charge in [0.25, 0.3) is 0 Å². The molecule has 7 unspecified atom stereocenters. The molecule has 38 heavy (non-hydrogen) atoms. The number of esters is 2. The van der Waals surface area contributed by atoms with E-state index in [1.165, 1.54) is 19.2 Å². The van der Waals surface area contributed by atoms with Crippen molar-refractivity contribution in [2.24, 2.45) is 5.92 Å². The van der Waals surface area contributed by atoms with Crippen LogP contribution in [-0.2, 0) is 35.0 Å². The third-order valence-corrected chi connectivity index (χ3v) is 6.67. The summed E-state index contributed by atoms with van der Waals surface area (Å²) in [6, 6.07) is 4.28. The number of hydrogen-bond acceptors (Lipinski definition) is 12. The van der Waals surface area contributed by atoms with Crippen LogP contribution in [0.25, 0.3) is 0 Å². The Balaban J connectivity index is 1.71. The molecule has 1 aliphatic carbocycles. The molecule has 12 nitrogen and oxygen atoms in total. The van der Waals surface area contributed by atoms with Gasteiger partial charge in [-0.1, -0.05) is 18.2 Å². The summed E-state index contributed by atoms with van der Waals surface area (Å²) >= 11 is 0. The summed E-state index contributed by atoms with van der Waals surface area (Å²) in [7, 11) is 1.22. The average Bonchev–Trinajstić information content (AvgIpc) is 2.90. The molecule has 12 heteroatoms. The van der Waals surface area contributed by atoms with Gasteiger partial charge in [0.15, 0.2) is 17.8 Å². The molecule has 3 rings (SSSR count). The maximum Gasteiger partial charge on any atom is 0.334 e. The first kappa shape index (κ1) is 29.6. The Morgan fingerprint density at radius 1 is 1.11 bits per heavy atom. The molecule has 1 heterocycles. The summed E-state index contributed by atoms with van der Waals surface area (Å²) in [6.45, 7) is 1.06. The van der Waals surface area contributed by atoms with Crippen LogP contribution in [0, 0.1) is 5.92 Å². The maximum absolute atomic E-state index is 12.7. The number of phenols is 2. The van der Waals surface area contributed by atoms with Gasteiger partial charge in [0.2, 0.25) is 0 Å². The van der Waals surface area contributed by atoms with Crippen LogP contribution < -0.4 is 0 Å². The number of carbonyl (C=O) groups is 2. The lowest BCUT2D eigenvalue weighted by molar-refractivity contribution is -0.308. The molecule has 2 aliphatic rings. The van der Waals surface area contributed by atoms with E-state index in [0.29, 0.717) is 11.1 Å². The minimum atomic E-state index is -1.62. The molecule has 210 valence electrons. The van der Waals surface area contributed by atoms with E-state index in [-0.39, 0.29) is 42.9 Å². The van der Waals surface area contributed by atoms with E-state index in [1.807, 2.05) is 0 Å². The smallest absolute Gasteiger partial charge is 0.334 e. The van der Waals surface area contributed by atoms with Crippen molar-refractivity contribution in [2.45, 2.75) is 63.0 Å². The molecule has 0 amide bonds. The zero-order valence-electron chi connectivity index (χ0n) is 21.1. The van der Waals surface area contributed by atoms with Gasteiger partial charge in [-0.3, -0.25) is 4.79 Å². The predicted molar refractivity (Wildman–Crippen MR) is 130 cm³/mol. The SMILES string of the molecule is CC=C1C(OC2OC(CO)C(O)C(O)C2O)CC=C(C(=O)OC)C1CC(=O)OCCc1ccc(O)c(O)c1. The normalized spacial score (nSPS) is 30.5. The number of allylic oxidation sites excluding steroid dienone is 1. The molecule has 1 fully saturated rings. The zero-order valence-corrected chi connectivity index (χ0v) is 21.1. The Morgan fingerprint density at radius 2 is 1.84 bits per heavy atom. The third-order valence-electron chi connectivity index (χ3n) is 6.67. The van der Waals surface area contributed by atoms with Gasteiger partial charge in [0.1, 0.15) is 24.4 Å². The number of rotatable bonds is 9. The van der Waals surface area contributed by atoms with Gasteiger partial charge in [0, 0.05) is 17.9 Å². The summed E-state index contributed by atoms with van der Waals surface area (Å²) in [5.41, 5.74) is 1.39. The number of ether oxygens (including phenoxy) is 4. The van der Waals surface area contributed by atoms with Crippen molar-refractivity contribution in [3.05, 3.63) is 47.1 Å². The van der Waals surface area contributed by atoms with Crippen LogP contribution in [0.3, 0.4) is 0 Å². The molecule has 1 aromatic rings. The highest BCUT2D eigenvalue weighted by molar-refractivity contribution is 5.91. The molecule has 6 N–H and O–H groups in total. The van der Waals surface area contributed by atoms with Gasteiger partial charge < -0.3 is 49.6 Å². The number of carbonyl (C=O) groups excluding carboxylic acids is 2. The van der Waals surface area contributed by atoms with Crippen LogP contribution in [0.1, 0.15) is 25.3 Å². The highest BCUT2D eigenvalue weighted by atomic mass is 16.7. The Hall–Kier alpha value is -3.00. The number of aliphatic hydroxyl groups is 4. The minimum absolute atomic E-state index is 0.0109. The first-order valence-corrected chi connectivity index (χ1v) is 12.2. The molecule has 0 bridgehead atoms. The van der Waals surface area contributed by atoms with Crippen molar-refractivity contribution < 1.29 is 59.2 Å². The summed E-state index contributed by atoms with van der Waals surface area (Å²) in [4.78, 5) is 25.2. The van der Waals surface area contributed by atoms with E-state index in [9.17, 15) is 40.2 Å². The van der Waals surface area contributed by atoms with E-state index in [1.54, 1.807) is 25.1 Å². The van der Waals surface area contributed by atoms with Gasteiger partial charge in [0.05, 0.1) is 32.8 Å². The molecule has 1 aliphatic heterocycles. The molecule has 0 spiro atoms. The van der Waals surface area contributed by atoms with Crippen LogP contribution in [0.15, 0.2) is 41.5 Å². The second-order valence-electron chi connectivity index (χ2n) is 9.05. The first-order valence-electron chi connectivity index (χ1n) is 12.2. The third kappa shape index (κ3) is 6.70. The predicted octanol–water partition coefficient (Wildman–Crippen LogP) is -0.176. The Labute approximate surface area is 219 Å². The number of benzene rings is 1. The summed E-state index contributed by atoms with van der Waals surface area (Å²) in [6.07, 6.45) is -4.65. The molecule has 1 aromatic carbocycles. The second kappa shape index (κ2) is 13.2. The van der Waals surface area contributed by atoms with E-state index >= 15 is 0 Å². The molecule has 0 radical (unpaired) electrons. The second-order valence-corrected chi connectivity index (χ2v) is 9.05. The lowest BCUT2D eigenvalue weighted by Crippen LogP contribution is -2.59. The first-order chi connectivity index (χ1) is 18.1. The molecule has 1 saturated heterocycles. The van der Waals surface area contributed by atoms with E-state index in [4.69, 9.17) is 18.9 Å². The standard InChI is InChI=1S/C26H34O12/c1-3-14-16(11-21(30)36-9-8-13-4-6-17(28)18(29)10-13)15(25(34)35-2)5-7-19(14)37-26-24(33)23(32)22(31)20(12-27)38-26/h3-6,10,16,19-20,22-24,26-29,31-33H,7-9,11-12H2,1-2H3. The summed E-state index contributed by atoms with van der Waals surface area (Å²) < 4.78 is 21.6. The molecular weight excluding hydrogens is 504 g/mol. The van der Waals surface area contributed by atoms with E-state index < -0.39 is 61.3 Å². The minimum Gasteiger partial charge on any atom is -0.504 e. The van der Waals surface area contributed by atoms with Gasteiger partial charge in [-0.25, -0.2) is 4.79 Å². The van der Waals surface area contributed by atoms with Crippen molar-refractivity contribution in [3.8, 4) is 11.5 Å². The lowest BCUT2D eigenvalue weighted by atomic mass is 9.79. The fourth-order valence-corrected chi connectivity index (χ4v) is 4.58. The lowest BCUT2D eigenvalue weighted by Gasteiger charge is -2.42. The molecular formula is C26H34O12. The fourth-order valence-electron chi connectivity index (χ4n) is 4.58. The summed E-state index contributed by atoms with van der Waals surface area (Å²) in [5.74, 6) is -2.56. The fraction of sp³-hybridized carbons (Fsp3) is 0.538. The number of methoxy groups -OCH3 is 1. The van der Waals surface area contributed by atoms with Crippen LogP contribution >= 0.6 is 0 Å². The van der Waals surface area contributed by atoms with Crippen molar-refractivity contribution in [1.82, 2.24) is 0 Å². The van der Waals surface area contributed by atoms with Crippen molar-refractivity contribution in [2.75, 3.05) is 20.3 Å². The van der Waals surface area contributed by atoms with Gasteiger partial charge >= 0.3 is 11.9 Å². The van der Waals surface area contributed by atoms with Gasteiger partial charge in [-0.05, 0) is 36.6 Å². The number of hydrogen-bond donors (Lipinski definition) is 6. The largest absolute Gasteiger partial charge is 0.504 e. The number of phenolic OH excluding ortho intramolecular Hbond substituents is 2. The van der Waals surface area contributed by atoms with Crippen LogP contribution in [0.5, 0.6) is 11.5 Å². The van der Waals surface area contributed by atoms with Crippen molar-refractivity contribution >= 4 is 11.9 Å². The quantitative estimate of drug-likeness (QED) is 0.138. The average molecular weight is 539 g/mol. The Kier molecular flexibility index (Phi) is 10.3. The highest BCUT2D eigenvalue weighted by Crippen LogP contribution is 2.37. The molecule has 0 saturated carbocycles. The van der Waals surface area contributed by atoms with Gasteiger partial charge in [-0.15, -0.1) is 0 Å². The molecule has 0 aromatic heterocycles. The number of aromatic hydroxyl groups is 2. The van der Waals surface area contributed by atoms with Crippen LogP contribution in [0.2, 0.25) is 0 Å². The Morgan fingerprint density at radius 3 is 2.47 bits per heavy atom. The highest BCUT2D eigenvalue weighted by Gasteiger charge is 2.46. The maximum atomic E-state index is 12.7. The van der Waals surface area contributed by atoms with Crippen molar-refractivity contribution in [3.63, 3.8) is 0 Å². The van der Waals surface area contributed by atoms with Gasteiger partial charge in [-0.2, -0.15) is 0 Å². The topological polar surface area (TPSA) is 192 Å². The Bertz CT molecular complexity index is 1050. The number of aliphatic hydroxyl groups excluding tert-OH is 4.